The van der Waals surface area contributed by atoms with E-state index >= 15 is 0 Å². The van der Waals surface area contributed by atoms with Crippen molar-refractivity contribution >= 4 is 16.6 Å². The van der Waals surface area contributed by atoms with E-state index in [2.05, 4.69) is 55.4 Å². The fourth-order valence-electron chi connectivity index (χ4n) is 2.68. The van der Waals surface area contributed by atoms with Gasteiger partial charge in [0, 0.05) is 37.3 Å². The summed E-state index contributed by atoms with van der Waals surface area (Å²) in [6.45, 7) is 5.39. The topological polar surface area (TPSA) is 28.2 Å². The quantitative estimate of drug-likeness (QED) is 0.875. The Balaban J connectivity index is 1.96. The lowest BCUT2D eigenvalue weighted by Gasteiger charge is -2.26. The summed E-state index contributed by atoms with van der Waals surface area (Å²) in [5.41, 5.74) is 1.30. The van der Waals surface area contributed by atoms with Gasteiger partial charge in [-0.25, -0.2) is 4.98 Å². The van der Waals surface area contributed by atoms with Gasteiger partial charge >= 0.3 is 0 Å². The molecule has 1 aliphatic carbocycles. The third kappa shape index (κ3) is 3.03. The van der Waals surface area contributed by atoms with Crippen molar-refractivity contribution in [2.75, 3.05) is 11.9 Å². The van der Waals surface area contributed by atoms with Gasteiger partial charge in [0.15, 0.2) is 0 Å². The van der Waals surface area contributed by atoms with Gasteiger partial charge in [-0.1, -0.05) is 31.2 Å². The van der Waals surface area contributed by atoms with Crippen LogP contribution < -0.4 is 10.2 Å². The number of nitrogens with one attached hydrogen (secondary N) is 1. The summed E-state index contributed by atoms with van der Waals surface area (Å²) in [7, 11) is 2.14. The highest BCUT2D eigenvalue weighted by Gasteiger charge is 2.21. The molecule has 0 spiro atoms. The molecular weight excluding hydrogens is 258 g/mol. The maximum absolute atomic E-state index is 4.76. The second kappa shape index (κ2) is 6.02. The molecule has 3 nitrogen and oxygen atoms in total. The maximum atomic E-state index is 4.76. The molecule has 112 valence electrons. The van der Waals surface area contributed by atoms with Crippen molar-refractivity contribution in [2.45, 2.75) is 51.7 Å². The largest absolute Gasteiger partial charge is 0.356 e. The standard InChI is InChI=1S/C18H25N3/c1-4-13(2)21(3)18-17-8-6-5-7-16(17)14(12-20-18)11-19-15-9-10-15/h5-8,12-13,15,19H,4,9-11H2,1-3H3. The molecule has 3 rings (SSSR count). The summed E-state index contributed by atoms with van der Waals surface area (Å²) in [6, 6.07) is 9.86. The van der Waals surface area contributed by atoms with Crippen LogP contribution in [0.2, 0.25) is 0 Å². The van der Waals surface area contributed by atoms with Gasteiger partial charge < -0.3 is 10.2 Å². The van der Waals surface area contributed by atoms with E-state index in [0.29, 0.717) is 6.04 Å². The zero-order valence-electron chi connectivity index (χ0n) is 13.3. The number of hydrogen-bond acceptors (Lipinski definition) is 3. The Morgan fingerprint density at radius 3 is 2.67 bits per heavy atom. The SMILES string of the molecule is CCC(C)N(C)c1ncc(CNC2CC2)c2ccccc12. The number of hydrogen-bond donors (Lipinski definition) is 1. The minimum Gasteiger partial charge on any atom is -0.356 e. The van der Waals surface area contributed by atoms with E-state index in [9.17, 15) is 0 Å². The first-order chi connectivity index (χ1) is 10.2. The van der Waals surface area contributed by atoms with Crippen molar-refractivity contribution < 1.29 is 0 Å². The highest BCUT2D eigenvalue weighted by molar-refractivity contribution is 5.94. The predicted molar refractivity (Wildman–Crippen MR) is 89.8 cm³/mol. The zero-order chi connectivity index (χ0) is 14.8. The first-order valence-electron chi connectivity index (χ1n) is 8.03. The van der Waals surface area contributed by atoms with E-state index in [1.54, 1.807) is 0 Å². The fourth-order valence-corrected chi connectivity index (χ4v) is 2.68. The van der Waals surface area contributed by atoms with Gasteiger partial charge in [0.1, 0.15) is 5.82 Å². The van der Waals surface area contributed by atoms with Crippen molar-refractivity contribution in [3.8, 4) is 0 Å². The Hall–Kier alpha value is -1.61. The lowest BCUT2D eigenvalue weighted by Crippen LogP contribution is -2.29. The molecule has 1 aliphatic rings. The molecule has 0 radical (unpaired) electrons. The Bertz CT molecular complexity index is 619. The van der Waals surface area contributed by atoms with E-state index < -0.39 is 0 Å². The van der Waals surface area contributed by atoms with E-state index in [1.165, 1.54) is 29.2 Å². The molecule has 2 aromatic rings. The van der Waals surface area contributed by atoms with Gasteiger partial charge in [-0.15, -0.1) is 0 Å². The summed E-state index contributed by atoms with van der Waals surface area (Å²) in [5.74, 6) is 1.09. The number of rotatable bonds is 6. The van der Waals surface area contributed by atoms with Crippen molar-refractivity contribution in [1.82, 2.24) is 10.3 Å². The van der Waals surface area contributed by atoms with Gasteiger partial charge in [-0.05, 0) is 37.1 Å². The van der Waals surface area contributed by atoms with Crippen LogP contribution in [-0.4, -0.2) is 24.1 Å². The zero-order valence-corrected chi connectivity index (χ0v) is 13.3. The average molecular weight is 283 g/mol. The summed E-state index contributed by atoms with van der Waals surface area (Å²) in [6.07, 6.45) is 5.81. The first kappa shape index (κ1) is 14.3. The smallest absolute Gasteiger partial charge is 0.136 e. The Kier molecular flexibility index (Phi) is 4.11. The summed E-state index contributed by atoms with van der Waals surface area (Å²) in [5, 5.41) is 6.18. The molecule has 21 heavy (non-hydrogen) atoms. The summed E-state index contributed by atoms with van der Waals surface area (Å²) in [4.78, 5) is 7.05. The van der Waals surface area contributed by atoms with Crippen LogP contribution in [0.4, 0.5) is 5.82 Å². The molecule has 0 amide bonds. The van der Waals surface area contributed by atoms with Gasteiger partial charge in [-0.3, -0.25) is 0 Å². The first-order valence-corrected chi connectivity index (χ1v) is 8.03. The Morgan fingerprint density at radius 2 is 2.00 bits per heavy atom. The normalized spacial score (nSPS) is 16.1. The minimum atomic E-state index is 0.497. The number of anilines is 1. The average Bonchev–Trinajstić information content (AvgIpc) is 3.35. The number of pyridine rings is 1. The van der Waals surface area contributed by atoms with Crippen LogP contribution in [0.15, 0.2) is 30.5 Å². The fraction of sp³-hybridized carbons (Fsp3) is 0.500. The second-order valence-corrected chi connectivity index (χ2v) is 6.18. The third-order valence-corrected chi connectivity index (χ3v) is 4.60. The Labute approximate surface area is 127 Å². The molecule has 1 saturated carbocycles. The summed E-state index contributed by atoms with van der Waals surface area (Å²) < 4.78 is 0. The molecule has 1 aromatic heterocycles. The summed E-state index contributed by atoms with van der Waals surface area (Å²) >= 11 is 0. The Morgan fingerprint density at radius 1 is 1.29 bits per heavy atom. The van der Waals surface area contributed by atoms with E-state index in [1.807, 2.05) is 6.20 Å². The minimum absolute atomic E-state index is 0.497. The van der Waals surface area contributed by atoms with Crippen molar-refractivity contribution in [2.24, 2.45) is 0 Å². The molecular formula is C18H25N3. The number of nitrogens with zero attached hydrogens (tertiary/aromatic N) is 2. The number of aromatic nitrogens is 1. The van der Waals surface area contributed by atoms with E-state index in [-0.39, 0.29) is 0 Å². The molecule has 1 atom stereocenters. The number of benzene rings is 1. The monoisotopic (exact) mass is 283 g/mol. The molecule has 0 bridgehead atoms. The van der Waals surface area contributed by atoms with Crippen LogP contribution in [0, 0.1) is 0 Å². The van der Waals surface area contributed by atoms with Gasteiger partial charge in [0.25, 0.3) is 0 Å². The highest BCUT2D eigenvalue weighted by Crippen LogP contribution is 2.28. The van der Waals surface area contributed by atoms with Crippen LogP contribution in [0.5, 0.6) is 0 Å². The molecule has 3 heteroatoms. The lowest BCUT2D eigenvalue weighted by atomic mass is 10.1. The van der Waals surface area contributed by atoms with Gasteiger partial charge in [-0.2, -0.15) is 0 Å². The van der Waals surface area contributed by atoms with Crippen LogP contribution in [0.25, 0.3) is 10.8 Å². The van der Waals surface area contributed by atoms with Crippen molar-refractivity contribution in [1.29, 1.82) is 0 Å². The second-order valence-electron chi connectivity index (χ2n) is 6.18. The predicted octanol–water partition coefficient (Wildman–Crippen LogP) is 3.72. The molecule has 1 fully saturated rings. The third-order valence-electron chi connectivity index (χ3n) is 4.60. The highest BCUT2D eigenvalue weighted by atomic mass is 15.2. The van der Waals surface area contributed by atoms with Gasteiger partial charge in [0.2, 0.25) is 0 Å². The van der Waals surface area contributed by atoms with Crippen molar-refractivity contribution in [3.63, 3.8) is 0 Å². The molecule has 0 saturated heterocycles. The van der Waals surface area contributed by atoms with Gasteiger partial charge in [0.05, 0.1) is 0 Å². The lowest BCUT2D eigenvalue weighted by molar-refractivity contribution is 0.657. The molecule has 1 aromatic carbocycles. The van der Waals surface area contributed by atoms with Crippen LogP contribution in [-0.2, 0) is 6.54 Å². The van der Waals surface area contributed by atoms with Crippen LogP contribution >= 0.6 is 0 Å². The molecule has 0 aliphatic heterocycles. The van der Waals surface area contributed by atoms with E-state index in [0.717, 1.165) is 24.8 Å². The van der Waals surface area contributed by atoms with Crippen LogP contribution in [0.1, 0.15) is 38.7 Å². The molecule has 1 heterocycles. The van der Waals surface area contributed by atoms with E-state index in [4.69, 9.17) is 4.98 Å². The maximum Gasteiger partial charge on any atom is 0.136 e. The van der Waals surface area contributed by atoms with Crippen LogP contribution in [0.3, 0.4) is 0 Å². The number of fused-ring (bicyclic) bond motifs is 1. The van der Waals surface area contributed by atoms with Crippen molar-refractivity contribution in [3.05, 3.63) is 36.0 Å². The molecule has 1 unspecified atom stereocenters. The molecule has 1 N–H and O–H groups in total.